The van der Waals surface area contributed by atoms with E-state index in [4.69, 9.17) is 18.7 Å². The normalized spacial score (nSPS) is 12.4. The SMILES string of the molecule is CCCCCCCCN(CCCCCCCC)c1ccc(-c2cc3sc(-c4c5nsnc5c(-c5ccc(CC(CC)CCCC)s5)c5nc(CC)c(CC)nc45)cc3s2)cc1. The number of rotatable bonds is 26. The van der Waals surface area contributed by atoms with Crippen LogP contribution >= 0.6 is 45.7 Å². The molecule has 1 atom stereocenters. The Morgan fingerprint density at radius 3 is 1.64 bits per heavy atom. The largest absolute Gasteiger partial charge is 0.372 e. The van der Waals surface area contributed by atoms with Gasteiger partial charge in [0.1, 0.15) is 22.1 Å². The number of aromatic nitrogens is 4. The minimum atomic E-state index is 0.725. The van der Waals surface area contributed by atoms with Crippen molar-refractivity contribution < 1.29 is 0 Å². The smallest absolute Gasteiger partial charge is 0.116 e. The topological polar surface area (TPSA) is 54.8 Å². The summed E-state index contributed by atoms with van der Waals surface area (Å²) in [5.74, 6) is 0.725. The molecule has 0 amide bonds. The van der Waals surface area contributed by atoms with Gasteiger partial charge in [-0.15, -0.1) is 34.0 Å². The third-order valence-electron chi connectivity index (χ3n) is 12.6. The lowest BCUT2D eigenvalue weighted by molar-refractivity contribution is 0.452. The van der Waals surface area contributed by atoms with Crippen molar-refractivity contribution >= 4 is 82.9 Å². The van der Waals surface area contributed by atoms with Crippen molar-refractivity contribution in [2.45, 2.75) is 164 Å². The van der Waals surface area contributed by atoms with Crippen LogP contribution in [0.25, 0.3) is 62.8 Å². The molecule has 7 rings (SSSR count). The highest BCUT2D eigenvalue weighted by Gasteiger charge is 2.26. The van der Waals surface area contributed by atoms with E-state index in [0.29, 0.717) is 0 Å². The predicted octanol–water partition coefficient (Wildman–Crippen LogP) is 17.4. The summed E-state index contributed by atoms with van der Waals surface area (Å²) in [4.78, 5) is 18.8. The van der Waals surface area contributed by atoms with Gasteiger partial charge in [-0.3, -0.25) is 0 Å². The lowest BCUT2D eigenvalue weighted by Gasteiger charge is -2.25. The van der Waals surface area contributed by atoms with Crippen LogP contribution in [0.15, 0.2) is 48.5 Å². The molecule has 61 heavy (non-hydrogen) atoms. The lowest BCUT2D eigenvalue weighted by atomic mass is 9.95. The molecular weight excluding hydrogens is 823 g/mol. The first-order valence-electron chi connectivity index (χ1n) is 24.0. The summed E-state index contributed by atoms with van der Waals surface area (Å²) in [7, 11) is 0. The highest BCUT2D eigenvalue weighted by atomic mass is 32.1. The van der Waals surface area contributed by atoms with Crippen LogP contribution in [0, 0.1) is 5.92 Å². The summed E-state index contributed by atoms with van der Waals surface area (Å²) in [5.41, 5.74) is 10.9. The zero-order valence-corrected chi connectivity index (χ0v) is 41.2. The molecule has 0 saturated carbocycles. The number of nitrogens with zero attached hydrogens (tertiary/aromatic N) is 5. The Kier molecular flexibility index (Phi) is 17.2. The van der Waals surface area contributed by atoms with Crippen molar-refractivity contribution in [1.29, 1.82) is 0 Å². The van der Waals surface area contributed by atoms with Crippen LogP contribution in [0.2, 0.25) is 0 Å². The molecule has 0 aliphatic heterocycles. The molecule has 5 heterocycles. The second kappa shape index (κ2) is 22.9. The molecule has 9 heteroatoms. The van der Waals surface area contributed by atoms with Crippen molar-refractivity contribution in [3.63, 3.8) is 0 Å². The Morgan fingerprint density at radius 2 is 1.07 bits per heavy atom. The molecule has 0 radical (unpaired) electrons. The molecule has 7 aromatic rings. The lowest BCUT2D eigenvalue weighted by Crippen LogP contribution is -2.25. The Labute approximate surface area is 382 Å². The number of aryl methyl sites for hydroxylation is 2. The molecule has 5 aromatic heterocycles. The van der Waals surface area contributed by atoms with Gasteiger partial charge in [0.2, 0.25) is 0 Å². The molecule has 0 N–H and O–H groups in total. The quantitative estimate of drug-likeness (QED) is 0.0507. The van der Waals surface area contributed by atoms with E-state index in [1.54, 1.807) is 0 Å². The third-order valence-corrected chi connectivity index (χ3v) is 16.6. The Balaban J connectivity index is 1.17. The highest BCUT2D eigenvalue weighted by Crippen LogP contribution is 2.48. The summed E-state index contributed by atoms with van der Waals surface area (Å²) in [6.45, 7) is 16.0. The average molecular weight is 892 g/mol. The van der Waals surface area contributed by atoms with Crippen LogP contribution in [0.4, 0.5) is 5.69 Å². The van der Waals surface area contributed by atoms with Crippen LogP contribution in [0.1, 0.15) is 161 Å². The maximum Gasteiger partial charge on any atom is 0.116 e. The van der Waals surface area contributed by atoms with E-state index in [9.17, 15) is 0 Å². The minimum absolute atomic E-state index is 0.725. The van der Waals surface area contributed by atoms with Crippen molar-refractivity contribution in [2.24, 2.45) is 5.92 Å². The van der Waals surface area contributed by atoms with Gasteiger partial charge in [0.05, 0.1) is 23.1 Å². The van der Waals surface area contributed by atoms with Gasteiger partial charge < -0.3 is 4.90 Å². The molecule has 0 fully saturated rings. The standard InChI is InChI=1S/C52H69N5S4/c1-7-13-16-18-20-22-31-57(32-23-21-19-17-14-8-2)38-27-25-37(26-28-38)43-34-44-45(59-43)35-46(60-44)48-50-49(53-40(11-5)41(12-6)54-50)47(51-52(48)56-61-55-51)42-30-29-39(58-42)33-36(10-4)24-15-9-3/h25-30,34-36H,7-24,31-33H2,1-6H3. The van der Waals surface area contributed by atoms with Crippen molar-refractivity contribution in [2.75, 3.05) is 18.0 Å². The molecule has 326 valence electrons. The monoisotopic (exact) mass is 891 g/mol. The number of hydrogen-bond acceptors (Lipinski definition) is 9. The summed E-state index contributed by atoms with van der Waals surface area (Å²) >= 11 is 6.98. The average Bonchev–Trinajstić information content (AvgIpc) is 4.11. The van der Waals surface area contributed by atoms with E-state index in [1.165, 1.54) is 155 Å². The fraction of sp³-hybridized carbons (Fsp3) is 0.538. The molecular formula is C52H69N5S4. The van der Waals surface area contributed by atoms with Gasteiger partial charge in [-0.2, -0.15) is 8.75 Å². The Morgan fingerprint density at radius 1 is 0.525 bits per heavy atom. The fourth-order valence-corrected chi connectivity index (χ4v) is 13.1. The van der Waals surface area contributed by atoms with Crippen LogP contribution in [-0.4, -0.2) is 31.8 Å². The van der Waals surface area contributed by atoms with E-state index in [2.05, 4.69) is 95.0 Å². The van der Waals surface area contributed by atoms with Crippen molar-refractivity contribution in [1.82, 2.24) is 18.7 Å². The fourth-order valence-electron chi connectivity index (χ4n) is 8.95. The van der Waals surface area contributed by atoms with E-state index in [-0.39, 0.29) is 0 Å². The molecule has 0 saturated heterocycles. The maximum atomic E-state index is 5.46. The van der Waals surface area contributed by atoms with Crippen LogP contribution in [0.3, 0.4) is 0 Å². The van der Waals surface area contributed by atoms with Crippen molar-refractivity contribution in [3.8, 4) is 31.3 Å². The minimum Gasteiger partial charge on any atom is -0.372 e. The zero-order chi connectivity index (χ0) is 42.6. The van der Waals surface area contributed by atoms with Crippen LogP contribution < -0.4 is 4.90 Å². The second-order valence-electron chi connectivity index (χ2n) is 17.1. The third kappa shape index (κ3) is 11.1. The van der Waals surface area contributed by atoms with E-state index >= 15 is 0 Å². The Bertz CT molecular complexity index is 2370. The van der Waals surface area contributed by atoms with E-state index < -0.39 is 0 Å². The first kappa shape index (κ1) is 45.8. The number of unbranched alkanes of at least 4 members (excludes halogenated alkanes) is 11. The van der Waals surface area contributed by atoms with E-state index in [1.807, 2.05) is 34.0 Å². The molecule has 0 spiro atoms. The number of hydrogen-bond donors (Lipinski definition) is 0. The van der Waals surface area contributed by atoms with Crippen LogP contribution in [-0.2, 0) is 19.3 Å². The highest BCUT2D eigenvalue weighted by molar-refractivity contribution is 7.31. The first-order valence-corrected chi connectivity index (χ1v) is 27.1. The molecule has 0 aliphatic carbocycles. The molecule has 5 nitrogen and oxygen atoms in total. The van der Waals surface area contributed by atoms with Gasteiger partial charge in [0.25, 0.3) is 0 Å². The first-order chi connectivity index (χ1) is 30.0. The molecule has 0 aliphatic rings. The summed E-state index contributed by atoms with van der Waals surface area (Å²) in [5, 5.41) is 0. The van der Waals surface area contributed by atoms with Gasteiger partial charge in [0.15, 0.2) is 0 Å². The molecule has 0 bridgehead atoms. The Hall–Kier alpha value is -3.24. The van der Waals surface area contributed by atoms with Gasteiger partial charge in [-0.1, -0.05) is 144 Å². The van der Waals surface area contributed by atoms with Crippen LogP contribution in [0.5, 0.6) is 0 Å². The summed E-state index contributed by atoms with van der Waals surface area (Å²) < 4.78 is 12.6. The van der Waals surface area contributed by atoms with Crippen molar-refractivity contribution in [3.05, 3.63) is 64.8 Å². The van der Waals surface area contributed by atoms with Gasteiger partial charge in [-0.25, -0.2) is 9.97 Å². The van der Waals surface area contributed by atoms with Gasteiger partial charge in [0, 0.05) is 58.8 Å². The summed E-state index contributed by atoms with van der Waals surface area (Å²) in [6, 6.07) is 18.9. The number of thiophene rings is 3. The number of fused-ring (bicyclic) bond motifs is 3. The molecule has 2 aromatic carbocycles. The van der Waals surface area contributed by atoms with Gasteiger partial charge in [-0.05, 0) is 80.0 Å². The van der Waals surface area contributed by atoms with E-state index in [0.717, 1.165) is 82.9 Å². The van der Waals surface area contributed by atoms with Gasteiger partial charge >= 0.3 is 0 Å². The predicted molar refractivity (Wildman–Crippen MR) is 273 cm³/mol. The molecule has 1 unspecified atom stereocenters. The second-order valence-corrected chi connectivity index (χ2v) is 21.0. The summed E-state index contributed by atoms with van der Waals surface area (Å²) in [6.07, 6.45) is 24.0. The zero-order valence-electron chi connectivity index (χ0n) is 37.9. The number of benzene rings is 2. The maximum absolute atomic E-state index is 5.46. The number of anilines is 1.